The average Bonchev–Trinajstić information content (AvgIpc) is 2.63. The van der Waals surface area contributed by atoms with Gasteiger partial charge in [0.15, 0.2) is 0 Å². The van der Waals surface area contributed by atoms with Crippen molar-refractivity contribution in [1.29, 1.82) is 0 Å². The summed E-state index contributed by atoms with van der Waals surface area (Å²) in [6, 6.07) is 7.24. The van der Waals surface area contributed by atoms with Crippen LogP contribution in [0.5, 0.6) is 5.75 Å². The summed E-state index contributed by atoms with van der Waals surface area (Å²) in [5.41, 5.74) is 0.587. The van der Waals surface area contributed by atoms with Crippen molar-refractivity contribution in [1.82, 2.24) is 4.90 Å². The zero-order valence-corrected chi connectivity index (χ0v) is 17.1. The molecule has 7 heteroatoms. The predicted molar refractivity (Wildman–Crippen MR) is 108 cm³/mol. The molecule has 1 atom stereocenters. The third kappa shape index (κ3) is 9.27. The Kier molecular flexibility index (Phi) is 13.8. The van der Waals surface area contributed by atoms with Gasteiger partial charge >= 0.3 is 6.09 Å². The monoisotopic (exact) mass is 388 g/mol. The lowest BCUT2D eigenvalue weighted by atomic mass is 10.3. The van der Waals surface area contributed by atoms with E-state index in [1.807, 2.05) is 12.1 Å². The van der Waals surface area contributed by atoms with E-state index in [1.165, 1.54) is 0 Å². The van der Waals surface area contributed by atoms with Gasteiger partial charge in [-0.15, -0.1) is 12.4 Å². The van der Waals surface area contributed by atoms with Gasteiger partial charge in [-0.2, -0.15) is 0 Å². The number of nitrogens with one attached hydrogen (secondary N) is 1. The molecule has 1 amide bonds. The van der Waals surface area contributed by atoms with Gasteiger partial charge < -0.3 is 19.1 Å². The van der Waals surface area contributed by atoms with Gasteiger partial charge in [-0.25, -0.2) is 4.79 Å². The van der Waals surface area contributed by atoms with Crippen LogP contribution in [0.4, 0.5) is 10.5 Å². The van der Waals surface area contributed by atoms with Crippen molar-refractivity contribution >= 4 is 24.2 Å². The maximum atomic E-state index is 12.3. The molecule has 1 aromatic carbocycles. The van der Waals surface area contributed by atoms with E-state index in [1.54, 1.807) is 19.2 Å². The van der Waals surface area contributed by atoms with Gasteiger partial charge in [-0.1, -0.05) is 39.3 Å². The van der Waals surface area contributed by atoms with E-state index in [9.17, 15) is 4.79 Å². The van der Waals surface area contributed by atoms with E-state index in [0.29, 0.717) is 31.2 Å². The summed E-state index contributed by atoms with van der Waals surface area (Å²) in [4.78, 5) is 14.5. The Morgan fingerprint density at radius 1 is 1.19 bits per heavy atom. The number of carbonyl (C=O) groups is 1. The van der Waals surface area contributed by atoms with Crippen LogP contribution in [-0.2, 0) is 9.47 Å². The third-order valence-electron chi connectivity index (χ3n) is 3.92. The molecule has 0 fully saturated rings. The molecule has 0 aromatic heterocycles. The molecule has 1 N–H and O–H groups in total. The van der Waals surface area contributed by atoms with E-state index in [0.717, 1.165) is 25.9 Å². The van der Waals surface area contributed by atoms with E-state index < -0.39 is 6.09 Å². The van der Waals surface area contributed by atoms with Crippen LogP contribution >= 0.6 is 12.4 Å². The maximum absolute atomic E-state index is 12.3. The van der Waals surface area contributed by atoms with Gasteiger partial charge in [0.05, 0.1) is 19.4 Å². The second-order valence-electron chi connectivity index (χ2n) is 5.77. The van der Waals surface area contributed by atoms with Crippen LogP contribution in [-0.4, -0.2) is 57.1 Å². The average molecular weight is 389 g/mol. The summed E-state index contributed by atoms with van der Waals surface area (Å²) in [6.07, 6.45) is 1.27. The minimum absolute atomic E-state index is 0. The summed E-state index contributed by atoms with van der Waals surface area (Å²) in [5, 5.41) is 2.74. The molecule has 150 valence electrons. The minimum atomic E-state index is -0.499. The van der Waals surface area contributed by atoms with Gasteiger partial charge in [0.1, 0.15) is 11.9 Å². The summed E-state index contributed by atoms with van der Waals surface area (Å²) in [5.74, 6) is 0.596. The number of likely N-dealkylation sites (N-methyl/N-ethyl adjacent to an activating group) is 1. The Bertz CT molecular complexity index is 498. The first-order valence-electron chi connectivity index (χ1n) is 9.05. The highest BCUT2D eigenvalue weighted by Gasteiger charge is 2.18. The van der Waals surface area contributed by atoms with Gasteiger partial charge in [0, 0.05) is 13.2 Å². The number of para-hydroxylation sites is 2. The second-order valence-corrected chi connectivity index (χ2v) is 5.77. The third-order valence-corrected chi connectivity index (χ3v) is 3.92. The minimum Gasteiger partial charge on any atom is -0.495 e. The van der Waals surface area contributed by atoms with Crippen LogP contribution in [0.1, 0.15) is 33.6 Å². The highest BCUT2D eigenvalue weighted by atomic mass is 35.5. The first-order valence-corrected chi connectivity index (χ1v) is 9.05. The van der Waals surface area contributed by atoms with Crippen molar-refractivity contribution in [2.24, 2.45) is 0 Å². The molecule has 0 heterocycles. The summed E-state index contributed by atoms with van der Waals surface area (Å²) < 4.78 is 16.5. The topological polar surface area (TPSA) is 60.0 Å². The lowest BCUT2D eigenvalue weighted by Gasteiger charge is -2.25. The lowest BCUT2D eigenvalue weighted by Crippen LogP contribution is -2.38. The smallest absolute Gasteiger partial charge is 0.412 e. The van der Waals surface area contributed by atoms with Gasteiger partial charge in [-0.05, 0) is 31.6 Å². The van der Waals surface area contributed by atoms with Crippen molar-refractivity contribution < 1.29 is 19.0 Å². The van der Waals surface area contributed by atoms with Crippen molar-refractivity contribution in [2.75, 3.05) is 45.3 Å². The molecule has 0 aliphatic carbocycles. The number of anilines is 1. The molecule has 6 nitrogen and oxygen atoms in total. The molecule has 0 spiro atoms. The maximum Gasteiger partial charge on any atom is 0.412 e. The van der Waals surface area contributed by atoms with Crippen molar-refractivity contribution in [2.45, 2.75) is 39.7 Å². The van der Waals surface area contributed by atoms with E-state index >= 15 is 0 Å². The van der Waals surface area contributed by atoms with Crippen LogP contribution in [0.2, 0.25) is 0 Å². The number of hydrogen-bond acceptors (Lipinski definition) is 5. The number of hydrogen-bond donors (Lipinski definition) is 1. The standard InChI is InChI=1S/C19H32N2O4.ClH/c1-5-8-13-24-15-16(14-21(6-2)7-3)25-19(22)20-17-11-9-10-12-18(17)23-4;/h9-12,16H,5-8,13-15H2,1-4H3,(H,20,22);1H. The zero-order chi connectivity index (χ0) is 18.5. The Labute approximate surface area is 163 Å². The van der Waals surface area contributed by atoms with E-state index in [2.05, 4.69) is 31.0 Å². The van der Waals surface area contributed by atoms with Gasteiger partial charge in [-0.3, -0.25) is 5.32 Å². The zero-order valence-electron chi connectivity index (χ0n) is 16.3. The molecule has 0 aliphatic rings. The Morgan fingerprint density at radius 3 is 2.50 bits per heavy atom. The SMILES string of the molecule is CCCCOCC(CN(CC)CC)OC(=O)Nc1ccccc1OC.Cl. The van der Waals surface area contributed by atoms with Crippen molar-refractivity contribution in [3.63, 3.8) is 0 Å². The van der Waals surface area contributed by atoms with Crippen LogP contribution in [0, 0.1) is 0 Å². The van der Waals surface area contributed by atoms with Crippen LogP contribution < -0.4 is 10.1 Å². The summed E-state index contributed by atoms with van der Waals surface area (Å²) in [6.45, 7) is 9.84. The van der Waals surface area contributed by atoms with E-state index in [-0.39, 0.29) is 18.5 Å². The fraction of sp³-hybridized carbons (Fsp3) is 0.632. The van der Waals surface area contributed by atoms with Gasteiger partial charge in [0.2, 0.25) is 0 Å². The molecule has 1 rings (SSSR count). The number of carbonyl (C=O) groups excluding carboxylic acids is 1. The number of nitrogens with zero attached hydrogens (tertiary/aromatic N) is 1. The highest BCUT2D eigenvalue weighted by Crippen LogP contribution is 2.23. The van der Waals surface area contributed by atoms with Crippen LogP contribution in [0.3, 0.4) is 0 Å². The molecular formula is C19H33ClN2O4. The quantitative estimate of drug-likeness (QED) is 0.544. The number of unbranched alkanes of at least 4 members (excludes halogenated alkanes) is 1. The fourth-order valence-corrected chi connectivity index (χ4v) is 2.39. The predicted octanol–water partition coefficient (Wildman–Crippen LogP) is 4.19. The fourth-order valence-electron chi connectivity index (χ4n) is 2.39. The molecular weight excluding hydrogens is 356 g/mol. The molecule has 0 bridgehead atoms. The number of ether oxygens (including phenoxy) is 3. The molecule has 0 saturated heterocycles. The van der Waals surface area contributed by atoms with Gasteiger partial charge in [0.25, 0.3) is 0 Å². The number of rotatable bonds is 12. The number of amides is 1. The largest absolute Gasteiger partial charge is 0.495 e. The van der Waals surface area contributed by atoms with Crippen LogP contribution in [0.15, 0.2) is 24.3 Å². The highest BCUT2D eigenvalue weighted by molar-refractivity contribution is 5.86. The Balaban J connectivity index is 0.00000625. The lowest BCUT2D eigenvalue weighted by molar-refractivity contribution is 0.00805. The molecule has 0 aliphatic heterocycles. The van der Waals surface area contributed by atoms with Crippen LogP contribution in [0.25, 0.3) is 0 Å². The molecule has 0 radical (unpaired) electrons. The number of methoxy groups -OCH3 is 1. The summed E-state index contributed by atoms with van der Waals surface area (Å²) in [7, 11) is 1.57. The first-order chi connectivity index (χ1) is 12.1. The van der Waals surface area contributed by atoms with E-state index in [4.69, 9.17) is 14.2 Å². The molecule has 1 unspecified atom stereocenters. The first kappa shape index (κ1) is 24.5. The number of halogens is 1. The summed E-state index contributed by atoms with van der Waals surface area (Å²) >= 11 is 0. The Hall–Kier alpha value is -1.50. The molecule has 1 aromatic rings. The number of benzene rings is 1. The Morgan fingerprint density at radius 2 is 1.88 bits per heavy atom. The molecule has 0 saturated carbocycles. The van der Waals surface area contributed by atoms with Crippen molar-refractivity contribution in [3.8, 4) is 5.75 Å². The normalized spacial score (nSPS) is 11.6. The second kappa shape index (κ2) is 14.6. The molecule has 26 heavy (non-hydrogen) atoms. The van der Waals surface area contributed by atoms with Crippen molar-refractivity contribution in [3.05, 3.63) is 24.3 Å².